The number of carbonyl (C=O) groups is 1. The number of carbonyl (C=O) groups excluding carboxylic acids is 1. The Bertz CT molecular complexity index is 799. The quantitative estimate of drug-likeness (QED) is 0.475. The molecule has 0 atom stereocenters. The Kier molecular flexibility index (Phi) is 5.17. The lowest BCUT2D eigenvalue weighted by Crippen LogP contribution is -2.17. The number of hydrogen-bond acceptors (Lipinski definition) is 2. The van der Waals surface area contributed by atoms with Gasteiger partial charge in [-0.1, -0.05) is 0 Å². The first-order valence-corrected chi connectivity index (χ1v) is 6.87. The second-order valence-corrected chi connectivity index (χ2v) is 5.20. The summed E-state index contributed by atoms with van der Waals surface area (Å²) in [6.45, 7) is 0. The average molecular weight is 402 g/mol. The van der Waals surface area contributed by atoms with Crippen LogP contribution in [0.3, 0.4) is 0 Å². The fraction of sp³-hybridized carbons (Fsp3) is 0.188. The molecule has 2 aromatic carbocycles. The van der Waals surface area contributed by atoms with Crippen LogP contribution in [0.2, 0.25) is 0 Å². The maximum Gasteiger partial charge on any atom is 0.573 e. The van der Waals surface area contributed by atoms with E-state index in [9.17, 15) is 44.3 Å². The molecule has 0 amide bonds. The molecule has 2 rings (SSSR count). The van der Waals surface area contributed by atoms with E-state index in [4.69, 9.17) is 0 Å². The first-order valence-electron chi connectivity index (χ1n) is 6.87. The van der Waals surface area contributed by atoms with Gasteiger partial charge in [-0.3, -0.25) is 4.79 Å². The molecule has 11 heteroatoms. The van der Waals surface area contributed by atoms with Crippen LogP contribution >= 0.6 is 0 Å². The molecule has 0 radical (unpaired) electrons. The van der Waals surface area contributed by atoms with Gasteiger partial charge in [0.15, 0.2) is 5.78 Å². The summed E-state index contributed by atoms with van der Waals surface area (Å²) in [6, 6.07) is 3.32. The van der Waals surface area contributed by atoms with Crippen molar-refractivity contribution in [1.82, 2.24) is 0 Å². The van der Waals surface area contributed by atoms with Crippen LogP contribution < -0.4 is 4.74 Å². The van der Waals surface area contributed by atoms with Crippen LogP contribution in [0.1, 0.15) is 27.0 Å². The molecule has 0 unspecified atom stereocenters. The zero-order valence-electron chi connectivity index (χ0n) is 12.8. The van der Waals surface area contributed by atoms with E-state index < -0.39 is 52.5 Å². The molecule has 0 aromatic heterocycles. The van der Waals surface area contributed by atoms with Crippen LogP contribution in [-0.4, -0.2) is 12.1 Å². The third-order valence-electron chi connectivity index (χ3n) is 3.20. The van der Waals surface area contributed by atoms with Crippen molar-refractivity contribution in [2.24, 2.45) is 0 Å². The summed E-state index contributed by atoms with van der Waals surface area (Å²) in [7, 11) is 0. The summed E-state index contributed by atoms with van der Waals surface area (Å²) in [5.41, 5.74) is -4.70. The minimum atomic E-state index is -5.14. The Balaban J connectivity index is 2.43. The van der Waals surface area contributed by atoms with E-state index in [1.807, 2.05) is 0 Å². The highest BCUT2D eigenvalue weighted by molar-refractivity contribution is 6.09. The Morgan fingerprint density at radius 1 is 0.667 bits per heavy atom. The van der Waals surface area contributed by atoms with Gasteiger partial charge >= 0.3 is 18.7 Å². The smallest absolute Gasteiger partial charge is 0.406 e. The van der Waals surface area contributed by atoms with Gasteiger partial charge in [-0.2, -0.15) is 26.3 Å². The number of benzene rings is 2. The third kappa shape index (κ3) is 5.38. The van der Waals surface area contributed by atoms with Gasteiger partial charge in [0.2, 0.25) is 0 Å². The van der Waals surface area contributed by atoms with E-state index in [0.29, 0.717) is 12.1 Å². The Hall–Kier alpha value is -2.72. The summed E-state index contributed by atoms with van der Waals surface area (Å²) >= 11 is 0. The van der Waals surface area contributed by atoms with Gasteiger partial charge < -0.3 is 4.74 Å². The standard InChI is InChI=1S/C16H7F9O2/c17-14(18,19)10-5-9(6-11(7-10)15(20,21)22)13(26)8-1-3-12(4-2-8)27-16(23,24)25/h1-7H. The van der Waals surface area contributed by atoms with E-state index in [-0.39, 0.29) is 18.2 Å². The lowest BCUT2D eigenvalue weighted by Gasteiger charge is -2.14. The highest BCUT2D eigenvalue weighted by Gasteiger charge is 2.37. The van der Waals surface area contributed by atoms with Gasteiger partial charge in [0.05, 0.1) is 11.1 Å². The van der Waals surface area contributed by atoms with Gasteiger partial charge in [0.1, 0.15) is 5.75 Å². The number of hydrogen-bond donors (Lipinski definition) is 0. The molecule has 0 heterocycles. The normalized spacial score (nSPS) is 12.8. The van der Waals surface area contributed by atoms with Crippen molar-refractivity contribution in [2.45, 2.75) is 18.7 Å². The molecule has 2 aromatic rings. The third-order valence-corrected chi connectivity index (χ3v) is 3.20. The second-order valence-electron chi connectivity index (χ2n) is 5.20. The number of ether oxygens (including phenoxy) is 1. The molecular weight excluding hydrogens is 395 g/mol. The number of halogens is 9. The zero-order chi connectivity index (χ0) is 20.6. The first kappa shape index (κ1) is 20.6. The zero-order valence-corrected chi connectivity index (χ0v) is 12.8. The first-order chi connectivity index (χ1) is 12.2. The van der Waals surface area contributed by atoms with Crippen molar-refractivity contribution in [3.05, 3.63) is 64.7 Å². The molecule has 0 saturated carbocycles. The van der Waals surface area contributed by atoms with Crippen molar-refractivity contribution in [1.29, 1.82) is 0 Å². The van der Waals surface area contributed by atoms with E-state index in [1.54, 1.807) is 0 Å². The maximum absolute atomic E-state index is 12.8. The predicted octanol–water partition coefficient (Wildman–Crippen LogP) is 5.85. The summed E-state index contributed by atoms with van der Waals surface area (Å²) in [5, 5.41) is 0. The van der Waals surface area contributed by atoms with Gasteiger partial charge in [0.25, 0.3) is 0 Å². The lowest BCUT2D eigenvalue weighted by molar-refractivity contribution is -0.274. The van der Waals surface area contributed by atoms with E-state index in [1.165, 1.54) is 0 Å². The summed E-state index contributed by atoms with van der Waals surface area (Å²) in [4.78, 5) is 12.2. The molecule has 2 nitrogen and oxygen atoms in total. The van der Waals surface area contributed by atoms with Gasteiger partial charge in [-0.25, -0.2) is 0 Å². The Labute approximate surface area is 145 Å². The number of ketones is 1. The molecule has 0 N–H and O–H groups in total. The number of alkyl halides is 9. The topological polar surface area (TPSA) is 26.3 Å². The summed E-state index contributed by atoms with van der Waals surface area (Å²) < 4.78 is 117. The largest absolute Gasteiger partial charge is 0.573 e. The lowest BCUT2D eigenvalue weighted by atomic mass is 9.98. The minimum absolute atomic E-state index is 0.142. The molecule has 0 fully saturated rings. The van der Waals surface area contributed by atoms with E-state index >= 15 is 0 Å². The van der Waals surface area contributed by atoms with Crippen LogP contribution in [0.15, 0.2) is 42.5 Å². The van der Waals surface area contributed by atoms with Crippen LogP contribution in [-0.2, 0) is 12.4 Å². The minimum Gasteiger partial charge on any atom is -0.406 e. The van der Waals surface area contributed by atoms with Crippen molar-refractivity contribution < 1.29 is 49.0 Å². The van der Waals surface area contributed by atoms with Crippen LogP contribution in [0, 0.1) is 0 Å². The van der Waals surface area contributed by atoms with Gasteiger partial charge in [0, 0.05) is 11.1 Å². The Morgan fingerprint density at radius 2 is 1.11 bits per heavy atom. The van der Waals surface area contributed by atoms with Crippen LogP contribution in [0.5, 0.6) is 5.75 Å². The second kappa shape index (κ2) is 6.78. The predicted molar refractivity (Wildman–Crippen MR) is 73.0 cm³/mol. The molecule has 0 aliphatic carbocycles. The van der Waals surface area contributed by atoms with Gasteiger partial charge in [-0.15, -0.1) is 13.2 Å². The monoisotopic (exact) mass is 402 g/mol. The summed E-state index contributed by atoms with van der Waals surface area (Å²) in [5.74, 6) is -1.94. The van der Waals surface area contributed by atoms with E-state index in [0.717, 1.165) is 12.1 Å². The van der Waals surface area contributed by atoms with Crippen molar-refractivity contribution in [3.63, 3.8) is 0 Å². The van der Waals surface area contributed by atoms with Crippen molar-refractivity contribution in [2.75, 3.05) is 0 Å². The molecule has 0 aliphatic rings. The van der Waals surface area contributed by atoms with Gasteiger partial charge in [-0.05, 0) is 42.5 Å². The van der Waals surface area contributed by atoms with Crippen LogP contribution in [0.25, 0.3) is 0 Å². The molecule has 0 saturated heterocycles. The van der Waals surface area contributed by atoms with E-state index in [2.05, 4.69) is 4.74 Å². The van der Waals surface area contributed by atoms with Crippen molar-refractivity contribution >= 4 is 5.78 Å². The highest BCUT2D eigenvalue weighted by atomic mass is 19.4. The van der Waals surface area contributed by atoms with Crippen molar-refractivity contribution in [3.8, 4) is 5.75 Å². The average Bonchev–Trinajstić information content (AvgIpc) is 2.51. The maximum atomic E-state index is 12.8. The molecule has 27 heavy (non-hydrogen) atoms. The number of rotatable bonds is 3. The molecular formula is C16H7F9O2. The molecule has 0 spiro atoms. The fourth-order valence-corrected chi connectivity index (χ4v) is 2.06. The highest BCUT2D eigenvalue weighted by Crippen LogP contribution is 2.36. The molecule has 146 valence electrons. The van der Waals surface area contributed by atoms with Crippen LogP contribution in [0.4, 0.5) is 39.5 Å². The SMILES string of the molecule is O=C(c1ccc(OC(F)(F)F)cc1)c1cc(C(F)(F)F)cc(C(F)(F)F)c1. The Morgan fingerprint density at radius 3 is 1.48 bits per heavy atom. The summed E-state index contributed by atoms with van der Waals surface area (Å²) in [6.07, 6.45) is -15.3. The molecule has 0 aliphatic heterocycles. The fourth-order valence-electron chi connectivity index (χ4n) is 2.06. The molecule has 0 bridgehead atoms.